The number of fused-ring (bicyclic) bond motifs is 1. The molecule has 0 spiro atoms. The average Bonchev–Trinajstić information content (AvgIpc) is 3.46. The van der Waals surface area contributed by atoms with Crippen molar-refractivity contribution < 1.29 is 19.4 Å². The summed E-state index contributed by atoms with van der Waals surface area (Å²) in [6.45, 7) is 1.99. The van der Waals surface area contributed by atoms with E-state index in [1.807, 2.05) is 31.2 Å². The highest BCUT2D eigenvalue weighted by atomic mass is 16.5. The smallest absolute Gasteiger partial charge is 0.295 e. The van der Waals surface area contributed by atoms with Crippen LogP contribution in [0.3, 0.4) is 0 Å². The number of amides is 1. The second kappa shape index (κ2) is 7.27. The zero-order chi connectivity index (χ0) is 20.8. The van der Waals surface area contributed by atoms with Gasteiger partial charge >= 0.3 is 0 Å². The predicted molar refractivity (Wildman–Crippen MR) is 111 cm³/mol. The van der Waals surface area contributed by atoms with E-state index in [4.69, 9.17) is 4.74 Å². The van der Waals surface area contributed by atoms with Gasteiger partial charge in [0, 0.05) is 24.2 Å². The molecule has 6 nitrogen and oxygen atoms in total. The molecular formula is C24H24N2O4. The van der Waals surface area contributed by atoms with Crippen LogP contribution >= 0.6 is 0 Å². The first kappa shape index (κ1) is 18.9. The van der Waals surface area contributed by atoms with Gasteiger partial charge in [0.25, 0.3) is 11.7 Å². The van der Waals surface area contributed by atoms with Gasteiger partial charge in [-0.2, -0.15) is 0 Å². The Balaban J connectivity index is 1.64. The molecule has 3 heterocycles. The lowest BCUT2D eigenvalue weighted by atomic mass is 9.96. The van der Waals surface area contributed by atoms with E-state index in [2.05, 4.69) is 4.98 Å². The largest absolute Gasteiger partial charge is 0.507 e. The minimum atomic E-state index is -0.669. The number of Topliss-reactive ketones (excluding diaryl/α,β-unsaturated/α-hetero) is 1. The van der Waals surface area contributed by atoms with E-state index in [0.29, 0.717) is 11.3 Å². The summed E-state index contributed by atoms with van der Waals surface area (Å²) in [4.78, 5) is 32.2. The minimum Gasteiger partial charge on any atom is -0.507 e. The number of ether oxygens (including phenoxy) is 1. The number of likely N-dealkylation sites (tertiary alicyclic amines) is 1. The molecule has 0 radical (unpaired) electrons. The number of nitrogens with zero attached hydrogens (tertiary/aromatic N) is 2. The monoisotopic (exact) mass is 404 g/mol. The summed E-state index contributed by atoms with van der Waals surface area (Å²) >= 11 is 0. The van der Waals surface area contributed by atoms with Crippen molar-refractivity contribution in [2.24, 2.45) is 0 Å². The van der Waals surface area contributed by atoms with Crippen LogP contribution in [0.2, 0.25) is 0 Å². The Morgan fingerprint density at radius 3 is 2.70 bits per heavy atom. The van der Waals surface area contributed by atoms with E-state index in [1.165, 1.54) is 0 Å². The molecule has 5 rings (SSSR count). The second-order valence-electron chi connectivity index (χ2n) is 8.35. The van der Waals surface area contributed by atoms with Gasteiger partial charge in [-0.15, -0.1) is 0 Å². The van der Waals surface area contributed by atoms with Crippen molar-refractivity contribution >= 4 is 17.4 Å². The summed E-state index contributed by atoms with van der Waals surface area (Å²) in [6.07, 6.45) is 6.28. The highest BCUT2D eigenvalue weighted by molar-refractivity contribution is 6.46. The normalized spacial score (nSPS) is 25.6. The molecule has 2 fully saturated rings. The van der Waals surface area contributed by atoms with Crippen molar-refractivity contribution in [1.29, 1.82) is 0 Å². The van der Waals surface area contributed by atoms with Gasteiger partial charge in [0.15, 0.2) is 0 Å². The lowest BCUT2D eigenvalue weighted by Gasteiger charge is -2.30. The molecule has 6 heteroatoms. The molecule has 1 saturated carbocycles. The van der Waals surface area contributed by atoms with Crippen molar-refractivity contribution in [2.75, 3.05) is 0 Å². The van der Waals surface area contributed by atoms with E-state index in [1.54, 1.807) is 23.2 Å². The topological polar surface area (TPSA) is 79.7 Å². The predicted octanol–water partition coefficient (Wildman–Crippen LogP) is 3.77. The number of ketones is 1. The number of hydrogen-bond acceptors (Lipinski definition) is 5. The molecule has 0 bridgehead atoms. The van der Waals surface area contributed by atoms with Gasteiger partial charge in [-0.05, 0) is 55.7 Å². The number of benzene rings is 1. The van der Waals surface area contributed by atoms with E-state index in [0.717, 1.165) is 43.4 Å². The number of rotatable bonds is 3. The van der Waals surface area contributed by atoms with Gasteiger partial charge in [0.05, 0.1) is 11.3 Å². The quantitative estimate of drug-likeness (QED) is 0.479. The van der Waals surface area contributed by atoms with Crippen LogP contribution in [0.1, 0.15) is 55.5 Å². The molecule has 1 amide bonds. The Kier molecular flexibility index (Phi) is 4.57. The first-order valence-corrected chi connectivity index (χ1v) is 10.6. The molecule has 2 atom stereocenters. The Hall–Kier alpha value is -3.15. The van der Waals surface area contributed by atoms with Crippen LogP contribution in [0.5, 0.6) is 5.75 Å². The van der Waals surface area contributed by atoms with E-state index in [9.17, 15) is 14.7 Å². The first-order valence-electron chi connectivity index (χ1n) is 10.6. The van der Waals surface area contributed by atoms with Crippen LogP contribution in [-0.4, -0.2) is 38.8 Å². The number of carbonyl (C=O) groups excluding carboxylic acids is 2. The molecule has 1 N–H and O–H groups in total. The van der Waals surface area contributed by atoms with Gasteiger partial charge in [-0.3, -0.25) is 14.6 Å². The summed E-state index contributed by atoms with van der Waals surface area (Å²) < 4.78 is 5.74. The Bertz CT molecular complexity index is 1040. The second-order valence-corrected chi connectivity index (χ2v) is 8.35. The lowest BCUT2D eigenvalue weighted by Crippen LogP contribution is -2.37. The number of aliphatic hydroxyl groups excluding tert-OH is 1. The standard InChI is InChI=1S/C24H24N2O4/c1-14-12-16-13-15(9-10-19(16)30-14)22(27)20-21(18-8-4-5-11-25-18)26(24(29)23(20)28)17-6-2-3-7-17/h4-5,8-11,13-14,17,21,27H,2-3,6-7,12H2,1H3/b22-20-. The van der Waals surface area contributed by atoms with Crippen LogP contribution in [0, 0.1) is 0 Å². The van der Waals surface area contributed by atoms with Crippen molar-refractivity contribution in [2.45, 2.75) is 57.2 Å². The molecule has 2 aliphatic heterocycles. The minimum absolute atomic E-state index is 0.00646. The van der Waals surface area contributed by atoms with Gasteiger partial charge < -0.3 is 14.7 Å². The fraction of sp³-hybridized carbons (Fsp3) is 0.375. The molecule has 2 unspecified atom stereocenters. The molecule has 2 aromatic rings. The van der Waals surface area contributed by atoms with Crippen LogP contribution < -0.4 is 4.74 Å². The van der Waals surface area contributed by atoms with Crippen molar-refractivity contribution in [3.63, 3.8) is 0 Å². The molecule has 1 aromatic heterocycles. The number of hydrogen-bond donors (Lipinski definition) is 1. The van der Waals surface area contributed by atoms with Crippen LogP contribution in [0.15, 0.2) is 48.2 Å². The van der Waals surface area contributed by atoms with Crippen molar-refractivity contribution in [3.05, 3.63) is 65.0 Å². The van der Waals surface area contributed by atoms with Crippen LogP contribution in [-0.2, 0) is 16.0 Å². The highest BCUT2D eigenvalue weighted by Gasteiger charge is 2.49. The average molecular weight is 404 g/mol. The number of carbonyl (C=O) groups is 2. The summed E-state index contributed by atoms with van der Waals surface area (Å²) in [7, 11) is 0. The van der Waals surface area contributed by atoms with Crippen LogP contribution in [0.4, 0.5) is 0 Å². The first-order chi connectivity index (χ1) is 14.5. The lowest BCUT2D eigenvalue weighted by molar-refractivity contribution is -0.141. The summed E-state index contributed by atoms with van der Waals surface area (Å²) in [5.41, 5.74) is 2.24. The van der Waals surface area contributed by atoms with Gasteiger partial charge in [-0.25, -0.2) is 0 Å². The molecular weight excluding hydrogens is 380 g/mol. The maximum atomic E-state index is 13.1. The third kappa shape index (κ3) is 2.98. The molecule has 154 valence electrons. The number of pyridine rings is 1. The van der Waals surface area contributed by atoms with Crippen molar-refractivity contribution in [3.8, 4) is 5.75 Å². The zero-order valence-electron chi connectivity index (χ0n) is 16.9. The highest BCUT2D eigenvalue weighted by Crippen LogP contribution is 2.43. The van der Waals surface area contributed by atoms with Crippen molar-refractivity contribution in [1.82, 2.24) is 9.88 Å². The molecule has 30 heavy (non-hydrogen) atoms. The number of aliphatic hydroxyl groups is 1. The molecule has 1 aromatic carbocycles. The van der Waals surface area contributed by atoms with Crippen LogP contribution in [0.25, 0.3) is 5.76 Å². The fourth-order valence-electron chi connectivity index (χ4n) is 4.96. The maximum absolute atomic E-state index is 13.1. The summed E-state index contributed by atoms with van der Waals surface area (Å²) in [6, 6.07) is 10.2. The Morgan fingerprint density at radius 1 is 1.17 bits per heavy atom. The third-order valence-electron chi connectivity index (χ3n) is 6.34. The third-order valence-corrected chi connectivity index (χ3v) is 6.34. The summed E-state index contributed by atoms with van der Waals surface area (Å²) in [5, 5.41) is 11.2. The summed E-state index contributed by atoms with van der Waals surface area (Å²) in [5.74, 6) is -0.532. The van der Waals surface area contributed by atoms with E-state index >= 15 is 0 Å². The van der Waals surface area contributed by atoms with Gasteiger partial charge in [0.1, 0.15) is 23.7 Å². The van der Waals surface area contributed by atoms with E-state index < -0.39 is 17.7 Å². The zero-order valence-corrected chi connectivity index (χ0v) is 16.9. The van der Waals surface area contributed by atoms with Gasteiger partial charge in [-0.1, -0.05) is 18.9 Å². The van der Waals surface area contributed by atoms with Gasteiger partial charge in [0.2, 0.25) is 0 Å². The Morgan fingerprint density at radius 2 is 1.97 bits per heavy atom. The SMILES string of the molecule is CC1Cc2cc(/C(O)=C3/C(=O)C(=O)N(C4CCCC4)C3c3ccccn3)ccc2O1. The molecule has 1 aliphatic carbocycles. The maximum Gasteiger partial charge on any atom is 0.295 e. The number of aromatic nitrogens is 1. The van der Waals surface area contributed by atoms with E-state index in [-0.39, 0.29) is 23.5 Å². The molecule has 1 saturated heterocycles. The fourth-order valence-corrected chi connectivity index (χ4v) is 4.96. The molecule has 3 aliphatic rings. The Labute approximate surface area is 175 Å².